The largest absolute Gasteiger partial charge is 0.465 e. The van der Waals surface area contributed by atoms with Gasteiger partial charge < -0.3 is 4.74 Å². The Morgan fingerprint density at radius 3 is 3.00 bits per heavy atom. The van der Waals surface area contributed by atoms with E-state index in [9.17, 15) is 4.79 Å². The van der Waals surface area contributed by atoms with Crippen LogP contribution in [0.5, 0.6) is 5.19 Å². The van der Waals surface area contributed by atoms with Crippen molar-refractivity contribution in [2.24, 2.45) is 7.05 Å². The van der Waals surface area contributed by atoms with Gasteiger partial charge in [-0.2, -0.15) is 9.36 Å². The van der Waals surface area contributed by atoms with Crippen LogP contribution < -0.4 is 10.4 Å². The molecule has 0 aromatic carbocycles. The van der Waals surface area contributed by atoms with Crippen LogP contribution in [0.2, 0.25) is 4.34 Å². The quantitative estimate of drug-likeness (QED) is 0.727. The van der Waals surface area contributed by atoms with Gasteiger partial charge >= 0.3 is 5.69 Å². The van der Waals surface area contributed by atoms with Crippen molar-refractivity contribution in [2.75, 3.05) is 0 Å². The number of rotatable bonds is 4. The minimum absolute atomic E-state index is 0.133. The Labute approximate surface area is 127 Å². The van der Waals surface area contributed by atoms with Crippen LogP contribution in [0.4, 0.5) is 0 Å². The smallest absolute Gasteiger partial charge is 0.368 e. The van der Waals surface area contributed by atoms with E-state index < -0.39 is 0 Å². The predicted octanol–water partition coefficient (Wildman–Crippen LogP) is 1.72. The van der Waals surface area contributed by atoms with E-state index in [2.05, 4.69) is 15.4 Å². The van der Waals surface area contributed by atoms with E-state index in [1.54, 1.807) is 10.8 Å². The highest BCUT2D eigenvalue weighted by Crippen LogP contribution is 2.30. The van der Waals surface area contributed by atoms with Crippen LogP contribution in [0, 0.1) is 0 Å². The zero-order valence-corrected chi connectivity index (χ0v) is 12.5. The molecule has 3 aromatic rings. The Morgan fingerprint density at radius 1 is 1.50 bits per heavy atom. The number of aromatic nitrogens is 5. The second-order valence-electron chi connectivity index (χ2n) is 3.70. The molecule has 3 aromatic heterocycles. The number of halogens is 1. The van der Waals surface area contributed by atoms with Gasteiger partial charge in [0, 0.05) is 29.5 Å². The fourth-order valence-corrected chi connectivity index (χ4v) is 2.99. The molecule has 3 rings (SSSR count). The second-order valence-corrected chi connectivity index (χ2v) is 6.00. The predicted molar refractivity (Wildman–Crippen MR) is 75.9 cm³/mol. The maximum absolute atomic E-state index is 11.9. The summed E-state index contributed by atoms with van der Waals surface area (Å²) in [4.78, 5) is 15.8. The van der Waals surface area contributed by atoms with Crippen LogP contribution in [-0.4, -0.2) is 24.8 Å². The molecular weight excluding hydrogens is 322 g/mol. The summed E-state index contributed by atoms with van der Waals surface area (Å²) in [5.74, 6) is 0. The van der Waals surface area contributed by atoms with Gasteiger partial charge in [0.15, 0.2) is 0 Å². The van der Waals surface area contributed by atoms with Crippen molar-refractivity contribution >= 4 is 34.3 Å². The lowest BCUT2D eigenvalue weighted by atomic mass is 10.3. The number of hydrogen-bond acceptors (Lipinski definition) is 7. The van der Waals surface area contributed by atoms with Gasteiger partial charge in [0.2, 0.25) is 0 Å². The number of thiophene rings is 1. The van der Waals surface area contributed by atoms with Crippen LogP contribution in [0.25, 0.3) is 5.69 Å². The Bertz CT molecular complexity index is 839. The molecule has 10 heteroatoms. The Hall–Kier alpha value is -1.71. The van der Waals surface area contributed by atoms with Crippen molar-refractivity contribution in [3.05, 3.63) is 37.3 Å². The molecule has 3 heterocycles. The monoisotopic (exact) mass is 331 g/mol. The molecule has 0 fully saturated rings. The molecule has 0 aliphatic heterocycles. The summed E-state index contributed by atoms with van der Waals surface area (Å²) < 4.78 is 15.6. The second kappa shape index (κ2) is 5.35. The summed E-state index contributed by atoms with van der Waals surface area (Å²) >= 11 is 8.64. The van der Waals surface area contributed by atoms with Crippen molar-refractivity contribution in [3.8, 4) is 10.9 Å². The first-order valence-electron chi connectivity index (χ1n) is 5.86. The van der Waals surface area contributed by atoms with Crippen molar-refractivity contribution in [1.29, 1.82) is 0 Å². The van der Waals surface area contributed by atoms with E-state index >= 15 is 0 Å². The van der Waals surface area contributed by atoms with Crippen molar-refractivity contribution < 1.29 is 6.11 Å². The average Bonchev–Trinajstić information content (AvgIpc) is 3.11. The Kier molecular flexibility index (Phi) is 3.23. The minimum Gasteiger partial charge on any atom is -0.465 e. The molecule has 0 amide bonds. The van der Waals surface area contributed by atoms with Gasteiger partial charge in [0.1, 0.15) is 10.9 Å². The first-order chi connectivity index (χ1) is 10.1. The van der Waals surface area contributed by atoms with E-state index in [0.29, 0.717) is 20.8 Å². The number of nitrogens with zero attached hydrogens (tertiary/aromatic N) is 5. The maximum Gasteiger partial charge on any atom is 0.368 e. The molecule has 0 radical (unpaired) electrons. The zero-order valence-electron chi connectivity index (χ0n) is 11.1. The van der Waals surface area contributed by atoms with Gasteiger partial charge in [-0.05, 0) is 10.4 Å². The Balaban J connectivity index is 1.90. The van der Waals surface area contributed by atoms with Gasteiger partial charge in [-0.3, -0.25) is 0 Å². The van der Waals surface area contributed by atoms with Gasteiger partial charge in [-0.1, -0.05) is 22.9 Å². The first kappa shape index (κ1) is 12.1. The van der Waals surface area contributed by atoms with E-state index in [0.717, 1.165) is 4.68 Å². The summed E-state index contributed by atoms with van der Waals surface area (Å²) in [5, 5.41) is 11.1. The van der Waals surface area contributed by atoms with E-state index in [4.69, 9.17) is 17.7 Å². The number of thiazole rings is 1. The van der Waals surface area contributed by atoms with Gasteiger partial charge in [0.25, 0.3) is 5.19 Å². The van der Waals surface area contributed by atoms with Gasteiger partial charge in [-0.15, -0.1) is 11.3 Å². The van der Waals surface area contributed by atoms with Crippen LogP contribution in [0.15, 0.2) is 21.7 Å². The molecule has 0 spiro atoms. The first-order valence-corrected chi connectivity index (χ1v) is 7.50. The molecule has 0 bridgehead atoms. The minimum atomic E-state index is -0.367. The highest BCUT2D eigenvalue weighted by atomic mass is 35.5. The van der Waals surface area contributed by atoms with Crippen LogP contribution in [0.3, 0.4) is 0 Å². The standard InChI is InChI=1S/C10H8ClN5O2S2/c1-15-10(17)16(14-13-15)7-5-20-8(11)6(7)4-18-9-12-2-3-19-9/h2-3,5H,4H2,1H3/i2T. The molecule has 0 N–H and O–H groups in total. The van der Waals surface area contributed by atoms with Crippen molar-refractivity contribution in [3.63, 3.8) is 0 Å². The summed E-state index contributed by atoms with van der Waals surface area (Å²) in [6.07, 6.45) is 0.150. The highest BCUT2D eigenvalue weighted by Gasteiger charge is 2.17. The van der Waals surface area contributed by atoms with Crippen LogP contribution >= 0.6 is 34.3 Å². The third-order valence-electron chi connectivity index (χ3n) is 2.48. The van der Waals surface area contributed by atoms with Crippen LogP contribution in [0.1, 0.15) is 6.93 Å². The molecule has 0 aliphatic carbocycles. The lowest BCUT2D eigenvalue weighted by molar-refractivity contribution is 0.304. The number of tetrazole rings is 1. The van der Waals surface area contributed by atoms with Crippen molar-refractivity contribution in [1.82, 2.24) is 24.8 Å². The SMILES string of the molecule is [3H]c1csc(OCc2c(-n3nnn(C)c3=O)csc2Cl)n1. The summed E-state index contributed by atoms with van der Waals surface area (Å²) in [7, 11) is 1.52. The topological polar surface area (TPSA) is 74.8 Å². The molecule has 7 nitrogen and oxygen atoms in total. The average molecular weight is 332 g/mol. The fourth-order valence-electron chi connectivity index (χ4n) is 1.51. The molecule has 0 saturated heterocycles. The number of hydrogen-bond donors (Lipinski definition) is 0. The molecule has 104 valence electrons. The maximum atomic E-state index is 11.9. The van der Waals surface area contributed by atoms with E-state index in [1.807, 2.05) is 0 Å². The number of aryl methyl sites for hydroxylation is 1. The van der Waals surface area contributed by atoms with Crippen molar-refractivity contribution in [2.45, 2.75) is 6.61 Å². The van der Waals surface area contributed by atoms with E-state index in [-0.39, 0.29) is 18.5 Å². The summed E-state index contributed by atoms with van der Waals surface area (Å²) in [5.41, 5.74) is 0.796. The summed E-state index contributed by atoms with van der Waals surface area (Å²) in [6.45, 7) is 0.133. The lowest BCUT2D eigenvalue weighted by Crippen LogP contribution is -2.22. The Morgan fingerprint density at radius 2 is 2.35 bits per heavy atom. The zero-order chi connectivity index (χ0) is 15.0. The summed E-state index contributed by atoms with van der Waals surface area (Å²) in [6, 6.07) is 0. The number of ether oxygens (including phenoxy) is 1. The normalized spacial score (nSPS) is 11.6. The fraction of sp³-hybridized carbons (Fsp3) is 0.200. The molecule has 20 heavy (non-hydrogen) atoms. The molecule has 0 aliphatic rings. The lowest BCUT2D eigenvalue weighted by Gasteiger charge is -2.04. The van der Waals surface area contributed by atoms with Gasteiger partial charge in [0.05, 0.1) is 7.06 Å². The van der Waals surface area contributed by atoms with Gasteiger partial charge in [-0.25, -0.2) is 9.78 Å². The third kappa shape index (κ3) is 2.35. The van der Waals surface area contributed by atoms with Crippen LogP contribution in [-0.2, 0) is 13.7 Å². The molecular formula is C10H8ClN5O2S2. The highest BCUT2D eigenvalue weighted by molar-refractivity contribution is 7.15. The molecule has 0 saturated carbocycles. The molecule has 0 unspecified atom stereocenters. The third-order valence-corrected chi connectivity index (χ3v) is 4.40. The molecule has 0 atom stereocenters. The van der Waals surface area contributed by atoms with E-state index in [1.165, 1.54) is 34.4 Å².